The van der Waals surface area contributed by atoms with Gasteiger partial charge in [-0.15, -0.1) is 0 Å². The molecule has 1 aliphatic rings. The fourth-order valence-electron chi connectivity index (χ4n) is 3.89. The second kappa shape index (κ2) is 9.38. The van der Waals surface area contributed by atoms with Crippen LogP contribution in [0.2, 0.25) is 0 Å². The van der Waals surface area contributed by atoms with Gasteiger partial charge >= 0.3 is 12.2 Å². The summed E-state index contributed by atoms with van der Waals surface area (Å²) in [4.78, 5) is 28.6. The van der Waals surface area contributed by atoms with Crippen LogP contribution in [-0.2, 0) is 10.3 Å². The van der Waals surface area contributed by atoms with E-state index < -0.39 is 29.6 Å². The van der Waals surface area contributed by atoms with Gasteiger partial charge in [-0.3, -0.25) is 14.5 Å². The fourth-order valence-corrected chi connectivity index (χ4v) is 3.89. The van der Waals surface area contributed by atoms with Gasteiger partial charge in [-0.25, -0.2) is 14.0 Å². The van der Waals surface area contributed by atoms with Crippen molar-refractivity contribution < 1.29 is 28.6 Å². The Hall–Kier alpha value is -3.92. The van der Waals surface area contributed by atoms with Crippen LogP contribution in [0, 0.1) is 5.82 Å². The molecule has 3 aromatic rings. The molecule has 2 heterocycles. The summed E-state index contributed by atoms with van der Waals surface area (Å²) in [5.74, 6) is -0.241. The predicted molar refractivity (Wildman–Crippen MR) is 128 cm³/mol. The third-order valence-electron chi connectivity index (χ3n) is 5.95. The van der Waals surface area contributed by atoms with Crippen molar-refractivity contribution in [1.29, 1.82) is 0 Å². The van der Waals surface area contributed by atoms with Crippen molar-refractivity contribution in [2.75, 3.05) is 30.1 Å². The summed E-state index contributed by atoms with van der Waals surface area (Å²) in [6, 6.07) is 10.1. The molecule has 184 valence electrons. The average molecular weight is 483 g/mol. The number of carbonyl (C=O) groups is 2. The third kappa shape index (κ3) is 4.69. The van der Waals surface area contributed by atoms with Crippen molar-refractivity contribution in [2.45, 2.75) is 32.4 Å². The SMILES string of the molecule is COC(=O)N1c2ccc(-c3cnn(C(C)(C)CO)c3)cc2N(C(=O)Oc2ccc(F)cc2)CC1C. The number of hydrogen-bond donors (Lipinski definition) is 1. The first-order valence-electron chi connectivity index (χ1n) is 11.1. The number of aliphatic hydroxyl groups excluding tert-OH is 1. The summed E-state index contributed by atoms with van der Waals surface area (Å²) < 4.78 is 25.4. The first-order valence-corrected chi connectivity index (χ1v) is 11.1. The van der Waals surface area contributed by atoms with E-state index in [0.717, 1.165) is 11.1 Å². The van der Waals surface area contributed by atoms with Crippen molar-refractivity contribution in [1.82, 2.24) is 9.78 Å². The number of amides is 2. The Morgan fingerprint density at radius 1 is 1.11 bits per heavy atom. The Balaban J connectivity index is 1.74. The highest BCUT2D eigenvalue weighted by atomic mass is 19.1. The molecule has 2 aromatic carbocycles. The number of rotatable bonds is 4. The second-order valence-corrected chi connectivity index (χ2v) is 8.97. The molecule has 1 N–H and O–H groups in total. The minimum absolute atomic E-state index is 0.0900. The third-order valence-corrected chi connectivity index (χ3v) is 5.95. The number of anilines is 2. The van der Waals surface area contributed by atoms with Crippen LogP contribution < -0.4 is 14.5 Å². The monoisotopic (exact) mass is 482 g/mol. The van der Waals surface area contributed by atoms with Crippen molar-refractivity contribution in [3.05, 3.63) is 60.7 Å². The summed E-state index contributed by atoms with van der Waals surface area (Å²) >= 11 is 0. The topological polar surface area (TPSA) is 97.1 Å². The average Bonchev–Trinajstić information content (AvgIpc) is 3.35. The standard InChI is InChI=1S/C25H27FN4O5/c1-16-13-28(23(32)35-20-8-6-19(26)7-9-20)22-11-17(5-10-21(22)30(16)24(33)34-4)18-12-27-29(14-18)25(2,3)15-31/h5-12,14,16,31H,13,15H2,1-4H3. The van der Waals surface area contributed by atoms with Crippen LogP contribution in [0.15, 0.2) is 54.9 Å². The number of benzene rings is 2. The summed E-state index contributed by atoms with van der Waals surface area (Å²) in [6.07, 6.45) is 2.27. The highest BCUT2D eigenvalue weighted by molar-refractivity contribution is 6.02. The van der Waals surface area contributed by atoms with Crippen LogP contribution >= 0.6 is 0 Å². The number of hydrogen-bond acceptors (Lipinski definition) is 6. The minimum atomic E-state index is -0.663. The molecule has 0 saturated carbocycles. The van der Waals surface area contributed by atoms with Gasteiger partial charge in [0.1, 0.15) is 11.6 Å². The molecular weight excluding hydrogens is 455 g/mol. The first kappa shape index (κ1) is 24.2. The number of halogens is 1. The fraction of sp³-hybridized carbons (Fsp3) is 0.320. The summed E-state index contributed by atoms with van der Waals surface area (Å²) in [5, 5.41) is 14.0. The van der Waals surface area contributed by atoms with Crippen molar-refractivity contribution in [3.63, 3.8) is 0 Å². The molecule has 1 unspecified atom stereocenters. The molecule has 1 atom stereocenters. The van der Waals surface area contributed by atoms with E-state index in [1.165, 1.54) is 41.2 Å². The van der Waals surface area contributed by atoms with E-state index in [2.05, 4.69) is 5.10 Å². The van der Waals surface area contributed by atoms with E-state index in [0.29, 0.717) is 11.4 Å². The van der Waals surface area contributed by atoms with Gasteiger partial charge in [0.25, 0.3) is 0 Å². The highest BCUT2D eigenvalue weighted by Crippen LogP contribution is 2.39. The normalized spacial score (nSPS) is 15.5. The molecule has 0 spiro atoms. The zero-order valence-electron chi connectivity index (χ0n) is 19.9. The first-order chi connectivity index (χ1) is 16.6. The van der Waals surface area contributed by atoms with Gasteiger partial charge in [0.2, 0.25) is 0 Å². The number of carbonyl (C=O) groups excluding carboxylic acids is 2. The molecule has 0 bridgehead atoms. The molecule has 10 heteroatoms. The lowest BCUT2D eigenvalue weighted by atomic mass is 10.0. The van der Waals surface area contributed by atoms with Crippen LogP contribution in [-0.4, -0.2) is 53.4 Å². The van der Waals surface area contributed by atoms with Gasteiger partial charge in [-0.1, -0.05) is 6.07 Å². The maximum absolute atomic E-state index is 13.3. The molecule has 0 radical (unpaired) electrons. The van der Waals surface area contributed by atoms with Crippen molar-refractivity contribution in [2.24, 2.45) is 0 Å². The molecule has 1 aromatic heterocycles. The Bertz CT molecular complexity index is 1240. The number of aliphatic hydroxyl groups is 1. The van der Waals surface area contributed by atoms with Gasteiger partial charge < -0.3 is 14.6 Å². The minimum Gasteiger partial charge on any atom is -0.452 e. The maximum atomic E-state index is 13.3. The van der Waals surface area contributed by atoms with E-state index in [1.54, 1.807) is 29.9 Å². The Kier molecular flexibility index (Phi) is 6.49. The van der Waals surface area contributed by atoms with Crippen LogP contribution in [0.4, 0.5) is 25.4 Å². The Morgan fingerprint density at radius 2 is 1.83 bits per heavy atom. The van der Waals surface area contributed by atoms with Crippen LogP contribution in [0.5, 0.6) is 5.75 Å². The molecule has 9 nitrogen and oxygen atoms in total. The van der Waals surface area contributed by atoms with E-state index in [4.69, 9.17) is 9.47 Å². The molecule has 2 amide bonds. The largest absolute Gasteiger partial charge is 0.452 e. The van der Waals surface area contributed by atoms with Crippen LogP contribution in [0.1, 0.15) is 20.8 Å². The van der Waals surface area contributed by atoms with Gasteiger partial charge in [0.05, 0.1) is 49.4 Å². The lowest BCUT2D eigenvalue weighted by Crippen LogP contribution is -2.52. The van der Waals surface area contributed by atoms with E-state index >= 15 is 0 Å². The highest BCUT2D eigenvalue weighted by Gasteiger charge is 2.36. The number of ether oxygens (including phenoxy) is 2. The summed E-state index contributed by atoms with van der Waals surface area (Å²) in [5.41, 5.74) is 1.87. The smallest absolute Gasteiger partial charge is 0.419 e. The molecule has 0 fully saturated rings. The Morgan fingerprint density at radius 3 is 2.49 bits per heavy atom. The molecule has 0 saturated heterocycles. The lowest BCUT2D eigenvalue weighted by Gasteiger charge is -2.39. The molecule has 1 aliphatic heterocycles. The number of methoxy groups -OCH3 is 1. The number of aromatic nitrogens is 2. The summed E-state index contributed by atoms with van der Waals surface area (Å²) in [6.45, 7) is 5.58. The molecule has 35 heavy (non-hydrogen) atoms. The molecular formula is C25H27FN4O5. The zero-order chi connectivity index (χ0) is 25.3. The van der Waals surface area contributed by atoms with Crippen LogP contribution in [0.25, 0.3) is 11.1 Å². The maximum Gasteiger partial charge on any atom is 0.419 e. The number of fused-ring (bicyclic) bond motifs is 1. The predicted octanol–water partition coefficient (Wildman–Crippen LogP) is 4.40. The van der Waals surface area contributed by atoms with Crippen LogP contribution in [0.3, 0.4) is 0 Å². The number of nitrogens with zero attached hydrogens (tertiary/aromatic N) is 4. The van der Waals surface area contributed by atoms with Gasteiger partial charge in [0, 0.05) is 11.8 Å². The van der Waals surface area contributed by atoms with Gasteiger partial charge in [-0.2, -0.15) is 5.10 Å². The van der Waals surface area contributed by atoms with Gasteiger partial charge in [-0.05, 0) is 62.7 Å². The Labute approximate surface area is 202 Å². The van der Waals surface area contributed by atoms with Crippen molar-refractivity contribution in [3.8, 4) is 16.9 Å². The molecule has 4 rings (SSSR count). The van der Waals surface area contributed by atoms with E-state index in [-0.39, 0.29) is 18.9 Å². The molecule has 0 aliphatic carbocycles. The lowest BCUT2D eigenvalue weighted by molar-refractivity contribution is 0.152. The van der Waals surface area contributed by atoms with Gasteiger partial charge in [0.15, 0.2) is 0 Å². The van der Waals surface area contributed by atoms with E-state index in [9.17, 15) is 19.1 Å². The second-order valence-electron chi connectivity index (χ2n) is 8.97. The van der Waals surface area contributed by atoms with E-state index in [1.807, 2.05) is 26.1 Å². The van der Waals surface area contributed by atoms with Crippen molar-refractivity contribution >= 4 is 23.6 Å². The zero-order valence-corrected chi connectivity index (χ0v) is 19.9. The summed E-state index contributed by atoms with van der Waals surface area (Å²) in [7, 11) is 1.30. The quantitative estimate of drug-likeness (QED) is 0.592.